The molecule has 11 atom stereocenters. The maximum absolute atomic E-state index is 12.2. The Hall–Kier alpha value is -1.38. The Morgan fingerprint density at radius 2 is 1.56 bits per heavy atom. The number of phosphoric ester groups is 2. The van der Waals surface area contributed by atoms with Crippen LogP contribution in [-0.4, -0.2) is 112 Å². The highest BCUT2D eigenvalue weighted by atomic mass is 31.3. The van der Waals surface area contributed by atoms with Crippen molar-refractivity contribution in [3.8, 4) is 0 Å². The molecule has 36 heavy (non-hydrogen) atoms. The van der Waals surface area contributed by atoms with E-state index in [1.54, 1.807) is 0 Å². The molecule has 206 valence electrons. The van der Waals surface area contributed by atoms with E-state index >= 15 is 0 Å². The van der Waals surface area contributed by atoms with Gasteiger partial charge in [0.05, 0.1) is 13.2 Å². The maximum atomic E-state index is 12.2. The highest BCUT2D eigenvalue weighted by molar-refractivity contribution is 7.61. The number of aliphatic hydroxyl groups is 6. The van der Waals surface area contributed by atoms with Crippen LogP contribution in [0.2, 0.25) is 0 Å². The van der Waals surface area contributed by atoms with Gasteiger partial charge in [-0.1, -0.05) is 0 Å². The second-order valence-electron chi connectivity index (χ2n) is 7.68. The van der Waals surface area contributed by atoms with Crippen molar-refractivity contribution in [3.05, 3.63) is 33.1 Å². The minimum absolute atomic E-state index is 0.723. The number of aliphatic hydroxyl groups excluding tert-OH is 6. The fourth-order valence-corrected chi connectivity index (χ4v) is 5.51. The third-order valence-corrected chi connectivity index (χ3v) is 7.76. The zero-order valence-electron chi connectivity index (χ0n) is 17.9. The SMILES string of the molecule is O=c1ccn(C2OC(COP(=O)(O)OP(=O)(O)O[C@H]3OC(CO)[C@H](O)C(O)C3O)C(O)C2O)c(=O)[nH]1. The second kappa shape index (κ2) is 11.2. The largest absolute Gasteiger partial charge is 0.483 e. The van der Waals surface area contributed by atoms with Crippen LogP contribution in [0.5, 0.6) is 0 Å². The minimum Gasteiger partial charge on any atom is -0.394 e. The molecular formula is C15H24N2O17P2. The quantitative estimate of drug-likeness (QED) is 0.127. The van der Waals surface area contributed by atoms with Crippen molar-refractivity contribution < 1.29 is 72.4 Å². The molecule has 0 aromatic carbocycles. The summed E-state index contributed by atoms with van der Waals surface area (Å²) in [6, 6.07) is 0.928. The van der Waals surface area contributed by atoms with Gasteiger partial charge in [-0.2, -0.15) is 4.31 Å². The van der Waals surface area contributed by atoms with Crippen LogP contribution in [-0.2, 0) is 32.0 Å². The van der Waals surface area contributed by atoms with Crippen molar-refractivity contribution in [1.29, 1.82) is 0 Å². The normalized spacial score (nSPS) is 38.4. The van der Waals surface area contributed by atoms with Crippen molar-refractivity contribution in [3.63, 3.8) is 0 Å². The highest BCUT2D eigenvalue weighted by Gasteiger charge is 2.49. The van der Waals surface area contributed by atoms with E-state index in [9.17, 15) is 54.0 Å². The lowest BCUT2D eigenvalue weighted by molar-refractivity contribution is -0.280. The van der Waals surface area contributed by atoms with Gasteiger partial charge >= 0.3 is 21.3 Å². The number of hydrogen-bond acceptors (Lipinski definition) is 15. The summed E-state index contributed by atoms with van der Waals surface area (Å²) < 4.78 is 48.1. The number of H-pyrrole nitrogens is 1. The molecule has 1 aromatic heterocycles. The smallest absolute Gasteiger partial charge is 0.394 e. The van der Waals surface area contributed by atoms with Crippen molar-refractivity contribution in [1.82, 2.24) is 9.55 Å². The molecule has 9 unspecified atom stereocenters. The summed E-state index contributed by atoms with van der Waals surface area (Å²) in [5.41, 5.74) is -1.75. The Balaban J connectivity index is 1.61. The van der Waals surface area contributed by atoms with Crippen molar-refractivity contribution >= 4 is 15.6 Å². The summed E-state index contributed by atoms with van der Waals surface area (Å²) in [7, 11) is -11.1. The predicted molar refractivity (Wildman–Crippen MR) is 109 cm³/mol. The van der Waals surface area contributed by atoms with E-state index in [0.717, 1.165) is 16.8 Å². The number of nitrogens with zero attached hydrogens (tertiary/aromatic N) is 1. The second-order valence-corrected chi connectivity index (χ2v) is 10.7. The summed E-state index contributed by atoms with van der Waals surface area (Å²) >= 11 is 0. The van der Waals surface area contributed by atoms with Crippen LogP contribution in [0.4, 0.5) is 0 Å². The van der Waals surface area contributed by atoms with Crippen LogP contribution in [0.25, 0.3) is 0 Å². The fraction of sp³-hybridized carbons (Fsp3) is 0.733. The molecule has 19 nitrogen and oxygen atoms in total. The first-order chi connectivity index (χ1) is 16.7. The van der Waals surface area contributed by atoms with E-state index in [0.29, 0.717) is 0 Å². The van der Waals surface area contributed by atoms with Gasteiger partial charge in [-0.15, -0.1) is 0 Å². The zero-order chi connectivity index (χ0) is 27.0. The van der Waals surface area contributed by atoms with Gasteiger partial charge in [-0.05, 0) is 0 Å². The number of aromatic nitrogens is 2. The Morgan fingerprint density at radius 3 is 2.17 bits per heavy atom. The summed E-state index contributed by atoms with van der Waals surface area (Å²) in [4.78, 5) is 44.5. The van der Waals surface area contributed by atoms with Crippen molar-refractivity contribution in [2.45, 2.75) is 55.2 Å². The molecule has 0 amide bonds. The molecule has 0 saturated carbocycles. The number of phosphoric acid groups is 2. The van der Waals surface area contributed by atoms with E-state index in [1.807, 2.05) is 4.98 Å². The van der Waals surface area contributed by atoms with Gasteiger partial charge in [0.1, 0.15) is 42.7 Å². The molecule has 3 heterocycles. The predicted octanol–water partition coefficient (Wildman–Crippen LogP) is -4.79. The molecule has 0 spiro atoms. The molecule has 0 aliphatic carbocycles. The number of hydrogen-bond donors (Lipinski definition) is 9. The summed E-state index contributed by atoms with van der Waals surface area (Å²) in [5, 5.41) is 58.6. The molecule has 2 aliphatic rings. The summed E-state index contributed by atoms with van der Waals surface area (Å²) in [6.45, 7) is -1.93. The van der Waals surface area contributed by atoms with Gasteiger partial charge in [0.25, 0.3) is 5.56 Å². The molecule has 21 heteroatoms. The Kier molecular flexibility index (Phi) is 9.05. The first-order valence-corrected chi connectivity index (χ1v) is 13.0. The number of nitrogens with one attached hydrogen (secondary N) is 1. The molecule has 0 bridgehead atoms. The van der Waals surface area contributed by atoms with E-state index in [4.69, 9.17) is 14.6 Å². The zero-order valence-corrected chi connectivity index (χ0v) is 19.6. The van der Waals surface area contributed by atoms with E-state index in [1.165, 1.54) is 0 Å². The number of ether oxygens (including phenoxy) is 2. The van der Waals surface area contributed by atoms with Gasteiger partial charge in [0, 0.05) is 12.3 Å². The Bertz CT molecular complexity index is 1120. The summed E-state index contributed by atoms with van der Waals surface area (Å²) in [5.74, 6) is 0. The van der Waals surface area contributed by atoms with Crippen LogP contribution in [0.1, 0.15) is 6.23 Å². The average molecular weight is 566 g/mol. The minimum atomic E-state index is -5.59. The van der Waals surface area contributed by atoms with E-state index in [2.05, 4.69) is 13.4 Å². The first-order valence-electron chi connectivity index (χ1n) is 9.99. The van der Waals surface area contributed by atoms with E-state index < -0.39 is 95.4 Å². The third-order valence-electron chi connectivity index (χ3n) is 5.16. The topological polar surface area (TPSA) is 297 Å². The molecule has 2 aliphatic heterocycles. The van der Waals surface area contributed by atoms with Crippen molar-refractivity contribution in [2.75, 3.05) is 13.2 Å². The lowest BCUT2D eigenvalue weighted by Crippen LogP contribution is -2.58. The molecule has 1 aromatic rings. The molecule has 3 rings (SSSR count). The first kappa shape index (κ1) is 29.2. The van der Waals surface area contributed by atoms with E-state index in [-0.39, 0.29) is 0 Å². The number of aromatic amines is 1. The average Bonchev–Trinajstić information content (AvgIpc) is 3.06. The highest BCUT2D eigenvalue weighted by Crippen LogP contribution is 2.61. The van der Waals surface area contributed by atoms with Gasteiger partial charge in [0.2, 0.25) is 0 Å². The molecular weight excluding hydrogens is 542 g/mol. The molecule has 2 saturated heterocycles. The monoisotopic (exact) mass is 566 g/mol. The van der Waals surface area contributed by atoms with Crippen LogP contribution < -0.4 is 11.2 Å². The van der Waals surface area contributed by atoms with Gasteiger partial charge in [0.15, 0.2) is 12.5 Å². The van der Waals surface area contributed by atoms with Crippen LogP contribution in [0.3, 0.4) is 0 Å². The summed E-state index contributed by atoms with van der Waals surface area (Å²) in [6.07, 6.45) is -15.4. The van der Waals surface area contributed by atoms with Gasteiger partial charge < -0.3 is 49.9 Å². The lowest BCUT2D eigenvalue weighted by atomic mass is 10.00. The van der Waals surface area contributed by atoms with Gasteiger partial charge in [-0.25, -0.2) is 13.9 Å². The lowest BCUT2D eigenvalue weighted by Gasteiger charge is -2.39. The molecule has 0 radical (unpaired) electrons. The standard InChI is InChI=1S/C15H24N2O17P2/c18-3-5-8(20)10(22)12(24)14(32-5)33-36(28,29)34-35(26,27)30-4-6-9(21)11(23)13(31-6)17-2-1-7(19)16-15(17)25/h1-2,5-6,8-14,18,20-24H,3-4H2,(H,26,27)(H,28,29)(H,16,19,25)/t5?,6?,8-,9?,10?,11?,12?,13?,14+/m0/s1. The molecule has 9 N–H and O–H groups in total. The maximum Gasteiger partial charge on any atom is 0.483 e. The third kappa shape index (κ3) is 6.54. The van der Waals surface area contributed by atoms with Crippen LogP contribution in [0, 0.1) is 0 Å². The van der Waals surface area contributed by atoms with Gasteiger partial charge in [-0.3, -0.25) is 23.4 Å². The van der Waals surface area contributed by atoms with Crippen LogP contribution in [0.15, 0.2) is 21.9 Å². The van der Waals surface area contributed by atoms with Crippen LogP contribution >= 0.6 is 15.6 Å². The Labute approximate surface area is 199 Å². The fourth-order valence-electron chi connectivity index (χ4n) is 3.35. The Morgan fingerprint density at radius 1 is 0.917 bits per heavy atom. The molecule has 2 fully saturated rings. The van der Waals surface area contributed by atoms with Crippen molar-refractivity contribution in [2.24, 2.45) is 0 Å². The number of rotatable bonds is 9.